The SMILES string of the molecule is Cc1nn(-c2ncccc2C2=NCC=N2)cc1CN1CCC2(CC1)OCC(F)(F)c1cc(Cl)sc12. The minimum Gasteiger partial charge on any atom is -0.363 e. The molecule has 3 aliphatic rings. The van der Waals surface area contributed by atoms with E-state index in [1.54, 1.807) is 17.1 Å². The Hall–Kier alpha value is -2.53. The number of nitrogens with zero attached hydrogens (tertiary/aromatic N) is 6. The van der Waals surface area contributed by atoms with Gasteiger partial charge in [-0.05, 0) is 38.0 Å². The lowest BCUT2D eigenvalue weighted by atomic mass is 9.84. The second-order valence-corrected chi connectivity index (χ2v) is 10.8. The molecule has 0 unspecified atom stereocenters. The summed E-state index contributed by atoms with van der Waals surface area (Å²) in [5.74, 6) is -1.64. The molecule has 11 heteroatoms. The van der Waals surface area contributed by atoms with Gasteiger partial charge in [0.05, 0.1) is 22.1 Å². The average Bonchev–Trinajstić information content (AvgIpc) is 3.60. The van der Waals surface area contributed by atoms with Gasteiger partial charge in [-0.15, -0.1) is 11.3 Å². The molecule has 0 bridgehead atoms. The van der Waals surface area contributed by atoms with Gasteiger partial charge in [0, 0.05) is 54.2 Å². The van der Waals surface area contributed by atoms with E-state index < -0.39 is 18.1 Å². The Morgan fingerprint density at radius 3 is 2.86 bits per heavy atom. The van der Waals surface area contributed by atoms with Crippen molar-refractivity contribution in [3.63, 3.8) is 0 Å². The van der Waals surface area contributed by atoms with Gasteiger partial charge in [0.2, 0.25) is 0 Å². The first-order valence-corrected chi connectivity index (χ1v) is 12.7. The van der Waals surface area contributed by atoms with E-state index in [2.05, 4.69) is 19.9 Å². The van der Waals surface area contributed by atoms with Crippen molar-refractivity contribution in [3.05, 3.63) is 62.2 Å². The zero-order valence-electron chi connectivity index (χ0n) is 19.0. The smallest absolute Gasteiger partial charge is 0.297 e. The van der Waals surface area contributed by atoms with E-state index in [4.69, 9.17) is 21.4 Å². The molecule has 7 nitrogen and oxygen atoms in total. The Labute approximate surface area is 210 Å². The lowest BCUT2D eigenvalue weighted by Crippen LogP contribution is -2.48. The molecular weight excluding hydrogens is 494 g/mol. The monoisotopic (exact) mass is 516 g/mol. The van der Waals surface area contributed by atoms with Crippen LogP contribution in [0.4, 0.5) is 8.78 Å². The molecule has 0 aliphatic carbocycles. The number of aliphatic imine (C=N–C) groups is 2. The number of hydrogen-bond donors (Lipinski definition) is 0. The van der Waals surface area contributed by atoms with E-state index in [1.807, 2.05) is 25.3 Å². The predicted octanol–water partition coefficient (Wildman–Crippen LogP) is 4.73. The van der Waals surface area contributed by atoms with Crippen molar-refractivity contribution < 1.29 is 13.5 Å². The molecule has 6 heterocycles. The summed E-state index contributed by atoms with van der Waals surface area (Å²) in [5, 5.41) is 4.71. The molecule has 3 aromatic heterocycles. The number of halogens is 3. The van der Waals surface area contributed by atoms with Gasteiger partial charge in [-0.1, -0.05) is 11.6 Å². The highest BCUT2D eigenvalue weighted by molar-refractivity contribution is 7.16. The summed E-state index contributed by atoms with van der Waals surface area (Å²) in [6.07, 6.45) is 6.79. The maximum atomic E-state index is 14.4. The summed E-state index contributed by atoms with van der Waals surface area (Å²) in [7, 11) is 0. The number of piperidine rings is 1. The first-order valence-electron chi connectivity index (χ1n) is 11.5. The minimum atomic E-state index is -2.99. The molecule has 1 spiro atoms. The van der Waals surface area contributed by atoms with Gasteiger partial charge >= 0.3 is 0 Å². The molecule has 1 fully saturated rings. The van der Waals surface area contributed by atoms with Crippen molar-refractivity contribution in [1.29, 1.82) is 0 Å². The number of thiophene rings is 1. The van der Waals surface area contributed by atoms with Crippen LogP contribution in [-0.4, -0.2) is 58.0 Å². The molecule has 3 aliphatic heterocycles. The number of aryl methyl sites for hydroxylation is 1. The van der Waals surface area contributed by atoms with Crippen molar-refractivity contribution in [2.75, 3.05) is 26.2 Å². The topological polar surface area (TPSA) is 67.9 Å². The fourth-order valence-corrected chi connectivity index (χ4v) is 6.47. The van der Waals surface area contributed by atoms with E-state index in [-0.39, 0.29) is 5.56 Å². The summed E-state index contributed by atoms with van der Waals surface area (Å²) in [5.41, 5.74) is 2.19. The molecule has 0 amide bonds. The standard InChI is InChI=1S/C24H23ClF2N6OS/c1-15-16(13-33(31-15)22-17(3-2-6-30-22)21-28-7-8-29-21)12-32-9-4-23(5-10-32)20-18(11-19(25)35-20)24(26,27)14-34-23/h2-3,6-7,11,13H,4-5,8-10,12,14H2,1H3. The largest absolute Gasteiger partial charge is 0.363 e. The maximum Gasteiger partial charge on any atom is 0.297 e. The highest BCUT2D eigenvalue weighted by Gasteiger charge is 2.51. The molecule has 1 saturated heterocycles. The third-order valence-electron chi connectivity index (χ3n) is 6.88. The lowest BCUT2D eigenvalue weighted by molar-refractivity contribution is -0.182. The predicted molar refractivity (Wildman–Crippen MR) is 131 cm³/mol. The van der Waals surface area contributed by atoms with E-state index in [0.29, 0.717) is 46.8 Å². The van der Waals surface area contributed by atoms with Crippen LogP contribution in [0.3, 0.4) is 0 Å². The van der Waals surface area contributed by atoms with Crippen molar-refractivity contribution in [2.24, 2.45) is 9.98 Å². The third-order valence-corrected chi connectivity index (χ3v) is 8.33. The highest BCUT2D eigenvalue weighted by atomic mass is 35.5. The number of ether oxygens (including phenoxy) is 1. The Kier molecular flexibility index (Phi) is 5.59. The van der Waals surface area contributed by atoms with Crippen LogP contribution in [0.15, 0.2) is 40.6 Å². The van der Waals surface area contributed by atoms with Crippen LogP contribution in [0.2, 0.25) is 4.34 Å². The van der Waals surface area contributed by atoms with Crippen LogP contribution < -0.4 is 0 Å². The number of amidine groups is 1. The zero-order chi connectivity index (χ0) is 24.2. The normalized spacial score (nSPS) is 20.9. The van der Waals surface area contributed by atoms with Crippen molar-refractivity contribution >= 4 is 35.0 Å². The molecule has 0 saturated carbocycles. The Morgan fingerprint density at radius 2 is 2.09 bits per heavy atom. The molecule has 35 heavy (non-hydrogen) atoms. The fourth-order valence-electron chi connectivity index (χ4n) is 4.99. The van der Waals surface area contributed by atoms with Crippen LogP contribution in [0.5, 0.6) is 0 Å². The number of likely N-dealkylation sites (tertiary alicyclic amines) is 1. The Balaban J connectivity index is 1.20. The summed E-state index contributed by atoms with van der Waals surface area (Å²) in [6.45, 7) is 4.12. The molecular formula is C24H23ClF2N6OS. The van der Waals surface area contributed by atoms with Crippen LogP contribution in [0, 0.1) is 6.92 Å². The van der Waals surface area contributed by atoms with Gasteiger partial charge in [0.1, 0.15) is 12.2 Å². The molecule has 182 valence electrons. The van der Waals surface area contributed by atoms with E-state index in [9.17, 15) is 8.78 Å². The van der Waals surface area contributed by atoms with Gasteiger partial charge in [0.25, 0.3) is 5.92 Å². The van der Waals surface area contributed by atoms with Crippen molar-refractivity contribution in [3.8, 4) is 5.82 Å². The quantitative estimate of drug-likeness (QED) is 0.502. The summed E-state index contributed by atoms with van der Waals surface area (Å²) < 4.78 is 36.8. The third kappa shape index (κ3) is 4.02. The van der Waals surface area contributed by atoms with Crippen LogP contribution in [0.1, 0.15) is 40.1 Å². The number of rotatable bonds is 4. The van der Waals surface area contributed by atoms with Gasteiger partial charge in [-0.25, -0.2) is 14.7 Å². The number of alkyl halides is 2. The molecule has 0 aromatic carbocycles. The number of fused-ring (bicyclic) bond motifs is 2. The highest BCUT2D eigenvalue weighted by Crippen LogP contribution is 2.52. The number of hydrogen-bond acceptors (Lipinski definition) is 7. The molecule has 6 rings (SSSR count). The summed E-state index contributed by atoms with van der Waals surface area (Å²) >= 11 is 7.35. The first kappa shape index (κ1) is 22.9. The second-order valence-electron chi connectivity index (χ2n) is 9.09. The van der Waals surface area contributed by atoms with Gasteiger partial charge in [0.15, 0.2) is 11.7 Å². The molecule has 0 N–H and O–H groups in total. The molecule has 0 atom stereocenters. The summed E-state index contributed by atoms with van der Waals surface area (Å²) in [6, 6.07) is 5.22. The second kappa shape index (κ2) is 8.55. The van der Waals surface area contributed by atoms with Crippen molar-refractivity contribution in [1.82, 2.24) is 19.7 Å². The van der Waals surface area contributed by atoms with Gasteiger partial charge in [-0.2, -0.15) is 13.9 Å². The van der Waals surface area contributed by atoms with Crippen LogP contribution in [-0.2, 0) is 22.8 Å². The number of pyridine rings is 1. The number of aromatic nitrogens is 3. The fraction of sp³-hybridized carbons (Fsp3) is 0.417. The minimum absolute atomic E-state index is 0.0340. The summed E-state index contributed by atoms with van der Waals surface area (Å²) in [4.78, 5) is 16.2. The van der Waals surface area contributed by atoms with Crippen LogP contribution in [0.25, 0.3) is 5.82 Å². The van der Waals surface area contributed by atoms with E-state index in [1.165, 1.54) is 17.4 Å². The Bertz CT molecular complexity index is 1340. The van der Waals surface area contributed by atoms with Crippen molar-refractivity contribution in [2.45, 2.75) is 37.8 Å². The van der Waals surface area contributed by atoms with Gasteiger partial charge < -0.3 is 4.74 Å². The Morgan fingerprint density at radius 1 is 1.26 bits per heavy atom. The zero-order valence-corrected chi connectivity index (χ0v) is 20.6. The van der Waals surface area contributed by atoms with Crippen LogP contribution >= 0.6 is 22.9 Å². The van der Waals surface area contributed by atoms with Gasteiger partial charge in [-0.3, -0.25) is 9.89 Å². The maximum absolute atomic E-state index is 14.4. The first-order chi connectivity index (χ1) is 16.8. The lowest BCUT2D eigenvalue weighted by Gasteiger charge is -2.45. The molecule has 0 radical (unpaired) electrons. The van der Waals surface area contributed by atoms with E-state index >= 15 is 0 Å². The average molecular weight is 517 g/mol. The van der Waals surface area contributed by atoms with E-state index in [0.717, 1.165) is 29.9 Å². The molecule has 3 aromatic rings.